The van der Waals surface area contributed by atoms with Gasteiger partial charge in [0, 0.05) is 0 Å². The van der Waals surface area contributed by atoms with E-state index in [-0.39, 0.29) is 24.6 Å². The molecule has 1 N–H and O–H groups in total. The van der Waals surface area contributed by atoms with Gasteiger partial charge >= 0.3 is 126 Å². The van der Waals surface area contributed by atoms with Crippen LogP contribution in [-0.2, 0) is 15.6 Å². The first-order chi connectivity index (χ1) is 9.69. The van der Waals surface area contributed by atoms with Crippen molar-refractivity contribution in [2.75, 3.05) is 6.61 Å². The Kier molecular flexibility index (Phi) is 4.94. The molecule has 0 aromatic rings. The molecule has 5 nitrogen and oxygen atoms in total. The van der Waals surface area contributed by atoms with E-state index in [9.17, 15) is 5.11 Å². The van der Waals surface area contributed by atoms with Gasteiger partial charge in [0.1, 0.15) is 0 Å². The fourth-order valence-corrected chi connectivity index (χ4v) is 15.0. The number of hydrogen-bond acceptors (Lipinski definition) is 5. The van der Waals surface area contributed by atoms with Crippen molar-refractivity contribution < 1.29 is 20.7 Å². The molecular formula is C14H26O5Sn. The molecule has 5 unspecified atom stereocenters. The van der Waals surface area contributed by atoms with Crippen LogP contribution in [0, 0.1) is 0 Å². The molecule has 0 radical (unpaired) electrons. The van der Waals surface area contributed by atoms with Crippen molar-refractivity contribution in [2.45, 2.75) is 79.1 Å². The molecule has 20 heavy (non-hydrogen) atoms. The van der Waals surface area contributed by atoms with Gasteiger partial charge in [-0.3, -0.25) is 0 Å². The molecule has 3 heterocycles. The fourth-order valence-electron chi connectivity index (χ4n) is 3.39. The van der Waals surface area contributed by atoms with Crippen LogP contribution >= 0.6 is 0 Å². The summed E-state index contributed by atoms with van der Waals surface area (Å²) in [4.78, 5) is 0. The molecule has 3 fully saturated rings. The molecule has 2 bridgehead atoms. The van der Waals surface area contributed by atoms with Crippen molar-refractivity contribution >= 4 is 19.2 Å². The molecular weight excluding hydrogens is 367 g/mol. The van der Waals surface area contributed by atoms with Crippen LogP contribution in [0.3, 0.4) is 0 Å². The van der Waals surface area contributed by atoms with Crippen LogP contribution in [0.4, 0.5) is 0 Å². The Bertz CT molecular complexity index is 324. The van der Waals surface area contributed by atoms with Gasteiger partial charge in [-0.25, -0.2) is 0 Å². The van der Waals surface area contributed by atoms with Crippen molar-refractivity contribution in [3.05, 3.63) is 0 Å². The van der Waals surface area contributed by atoms with E-state index in [1.807, 2.05) is 0 Å². The maximum absolute atomic E-state index is 10.4. The molecule has 0 aromatic heterocycles. The molecule has 3 aliphatic heterocycles. The second-order valence-electron chi connectivity index (χ2n) is 6.15. The van der Waals surface area contributed by atoms with Gasteiger partial charge in [-0.15, -0.1) is 0 Å². The zero-order valence-electron chi connectivity index (χ0n) is 12.4. The number of unbranched alkanes of at least 4 members (excludes halogenated alkanes) is 2. The molecule has 116 valence electrons. The molecule has 0 aliphatic carbocycles. The van der Waals surface area contributed by atoms with Crippen molar-refractivity contribution in [1.29, 1.82) is 0 Å². The molecule has 0 spiro atoms. The van der Waals surface area contributed by atoms with Crippen molar-refractivity contribution in [2.24, 2.45) is 0 Å². The number of fused-ring (bicyclic) bond motifs is 4. The Balaban J connectivity index is 1.74. The topological polar surface area (TPSA) is 57.2 Å². The number of hydrogen-bond donors (Lipinski definition) is 1. The van der Waals surface area contributed by atoms with Crippen LogP contribution in [0.5, 0.6) is 0 Å². The van der Waals surface area contributed by atoms with Gasteiger partial charge in [0.25, 0.3) is 0 Å². The fraction of sp³-hybridized carbons (Fsp3) is 1.00. The minimum absolute atomic E-state index is 0.201. The molecule has 0 saturated carbocycles. The first-order valence-electron chi connectivity index (χ1n) is 8.00. The van der Waals surface area contributed by atoms with Crippen LogP contribution in [0.15, 0.2) is 0 Å². The normalized spacial score (nSPS) is 41.9. The van der Waals surface area contributed by atoms with Crippen molar-refractivity contribution in [3.8, 4) is 0 Å². The van der Waals surface area contributed by atoms with Crippen molar-refractivity contribution in [3.63, 3.8) is 0 Å². The zero-order valence-corrected chi connectivity index (χ0v) is 15.3. The summed E-state index contributed by atoms with van der Waals surface area (Å²) in [6, 6.07) is 0. The van der Waals surface area contributed by atoms with Crippen LogP contribution < -0.4 is 0 Å². The predicted molar refractivity (Wildman–Crippen MR) is 75.5 cm³/mol. The maximum atomic E-state index is 10.4. The first-order valence-corrected chi connectivity index (χ1v) is 14.4. The summed E-state index contributed by atoms with van der Waals surface area (Å²) in [5, 5.41) is 10.4. The molecule has 5 atom stereocenters. The monoisotopic (exact) mass is 394 g/mol. The van der Waals surface area contributed by atoms with Gasteiger partial charge in [0.2, 0.25) is 0 Å². The Labute approximate surface area is 125 Å². The van der Waals surface area contributed by atoms with E-state index in [4.69, 9.17) is 15.6 Å². The van der Waals surface area contributed by atoms with E-state index < -0.39 is 25.3 Å². The second-order valence-corrected chi connectivity index (χ2v) is 15.5. The van der Waals surface area contributed by atoms with Gasteiger partial charge in [0.05, 0.1) is 0 Å². The summed E-state index contributed by atoms with van der Waals surface area (Å²) in [7, 11) is 0. The SMILES string of the molecule is CCC[CH2][Sn]1([CH2]CCC)[O]C2C3OCC(O3)C(O)C2[O]1. The number of rotatable bonds is 6. The van der Waals surface area contributed by atoms with Crippen LogP contribution in [0.2, 0.25) is 8.87 Å². The van der Waals surface area contributed by atoms with Crippen molar-refractivity contribution in [1.82, 2.24) is 0 Å². The summed E-state index contributed by atoms with van der Waals surface area (Å²) in [6.07, 6.45) is 3.07. The molecule has 3 saturated heterocycles. The van der Waals surface area contributed by atoms with E-state index >= 15 is 0 Å². The van der Waals surface area contributed by atoms with E-state index in [0.29, 0.717) is 6.61 Å². The Morgan fingerprint density at radius 3 is 2.35 bits per heavy atom. The summed E-state index contributed by atoms with van der Waals surface area (Å²) < 4.78 is 26.3. The van der Waals surface area contributed by atoms with Gasteiger partial charge in [-0.2, -0.15) is 0 Å². The molecule has 0 aromatic carbocycles. The third kappa shape index (κ3) is 2.77. The van der Waals surface area contributed by atoms with Crippen LogP contribution in [0.25, 0.3) is 0 Å². The zero-order chi connectivity index (χ0) is 14.2. The summed E-state index contributed by atoms with van der Waals surface area (Å²) in [5.74, 6) is 0. The van der Waals surface area contributed by atoms with Gasteiger partial charge < -0.3 is 0 Å². The Morgan fingerprint density at radius 1 is 1.05 bits per heavy atom. The van der Waals surface area contributed by atoms with E-state index in [1.165, 1.54) is 0 Å². The van der Waals surface area contributed by atoms with Gasteiger partial charge in [-0.05, 0) is 0 Å². The van der Waals surface area contributed by atoms with E-state index in [2.05, 4.69) is 13.8 Å². The molecule has 0 amide bonds. The van der Waals surface area contributed by atoms with Gasteiger partial charge in [0.15, 0.2) is 0 Å². The number of aliphatic hydroxyl groups excluding tert-OH is 1. The van der Waals surface area contributed by atoms with E-state index in [1.54, 1.807) is 0 Å². The second kappa shape index (κ2) is 6.38. The first kappa shape index (κ1) is 15.5. The van der Waals surface area contributed by atoms with E-state index in [0.717, 1.165) is 34.6 Å². The Hall–Kier alpha value is 0.599. The average molecular weight is 393 g/mol. The third-order valence-corrected chi connectivity index (χ3v) is 14.9. The number of ether oxygens (including phenoxy) is 2. The van der Waals surface area contributed by atoms with Gasteiger partial charge in [-0.1, -0.05) is 0 Å². The number of aliphatic hydroxyl groups is 1. The predicted octanol–water partition coefficient (Wildman–Crippen LogP) is 1.93. The minimum atomic E-state index is -3.04. The summed E-state index contributed by atoms with van der Waals surface area (Å²) >= 11 is -3.04. The molecule has 6 heteroatoms. The summed E-state index contributed by atoms with van der Waals surface area (Å²) in [5.41, 5.74) is 0. The van der Waals surface area contributed by atoms with Crippen LogP contribution in [0.1, 0.15) is 39.5 Å². The quantitative estimate of drug-likeness (QED) is 0.700. The Morgan fingerprint density at radius 2 is 1.70 bits per heavy atom. The standard InChI is InChI=1S/C6H8O5.2C4H9.Sn/c7-3-2-1-10-6(11-2)5(9)4(3)8;2*1-3-4-2;/h2-7H,1H2;2*1,3-4H2,2H3;/q-2;;;+2. The average Bonchev–Trinajstić information content (AvgIpc) is 3.05. The third-order valence-electron chi connectivity index (χ3n) is 4.57. The molecule has 3 rings (SSSR count). The molecule has 3 aliphatic rings. The van der Waals surface area contributed by atoms with Crippen LogP contribution in [-0.4, -0.2) is 61.6 Å². The summed E-state index contributed by atoms with van der Waals surface area (Å²) in [6.45, 7) is 4.85.